The summed E-state index contributed by atoms with van der Waals surface area (Å²) in [5.74, 6) is -1.40. The minimum absolute atomic E-state index is 0.337. The SMILES string of the molecule is CN(C)c1ccc(Cl)cc1NC(=O)C1CCC(C(=O)O)O1. The first-order valence-corrected chi connectivity index (χ1v) is 6.92. The second-order valence-electron chi connectivity index (χ2n) is 5.07. The van der Waals surface area contributed by atoms with Crippen LogP contribution in [0.25, 0.3) is 0 Å². The zero-order valence-electron chi connectivity index (χ0n) is 11.8. The molecule has 1 aromatic rings. The maximum absolute atomic E-state index is 12.2. The van der Waals surface area contributed by atoms with Crippen molar-refractivity contribution in [3.63, 3.8) is 0 Å². The molecule has 2 N–H and O–H groups in total. The van der Waals surface area contributed by atoms with Gasteiger partial charge in [-0.1, -0.05) is 11.6 Å². The lowest BCUT2D eigenvalue weighted by atomic mass is 10.2. The van der Waals surface area contributed by atoms with Gasteiger partial charge in [0.2, 0.25) is 0 Å². The van der Waals surface area contributed by atoms with E-state index in [1.807, 2.05) is 19.0 Å². The quantitative estimate of drug-likeness (QED) is 0.888. The molecule has 114 valence electrons. The van der Waals surface area contributed by atoms with Crippen LogP contribution in [0, 0.1) is 0 Å². The largest absolute Gasteiger partial charge is 0.479 e. The van der Waals surface area contributed by atoms with Gasteiger partial charge < -0.3 is 20.1 Å². The van der Waals surface area contributed by atoms with E-state index in [4.69, 9.17) is 21.4 Å². The summed E-state index contributed by atoms with van der Waals surface area (Å²) in [6.07, 6.45) is -0.932. The van der Waals surface area contributed by atoms with E-state index in [9.17, 15) is 9.59 Å². The molecular weight excluding hydrogens is 296 g/mol. The normalized spacial score (nSPS) is 21.1. The number of hydrogen-bond acceptors (Lipinski definition) is 4. The Kier molecular flexibility index (Phi) is 4.69. The number of carbonyl (C=O) groups excluding carboxylic acids is 1. The van der Waals surface area contributed by atoms with Gasteiger partial charge in [-0.15, -0.1) is 0 Å². The zero-order chi connectivity index (χ0) is 15.6. The van der Waals surface area contributed by atoms with Crippen LogP contribution in [0.3, 0.4) is 0 Å². The van der Waals surface area contributed by atoms with Crippen LogP contribution in [-0.2, 0) is 14.3 Å². The minimum Gasteiger partial charge on any atom is -0.479 e. The maximum atomic E-state index is 12.2. The number of nitrogens with one attached hydrogen (secondary N) is 1. The molecule has 1 heterocycles. The second-order valence-corrected chi connectivity index (χ2v) is 5.51. The average Bonchev–Trinajstić information content (AvgIpc) is 2.88. The zero-order valence-corrected chi connectivity index (χ0v) is 12.6. The Labute approximate surface area is 127 Å². The second kappa shape index (κ2) is 6.32. The third-order valence-corrected chi connectivity index (χ3v) is 3.52. The molecule has 2 atom stereocenters. The van der Waals surface area contributed by atoms with Gasteiger partial charge in [0.15, 0.2) is 6.10 Å². The van der Waals surface area contributed by atoms with E-state index in [0.29, 0.717) is 23.6 Å². The Balaban J connectivity index is 2.10. The first-order chi connectivity index (χ1) is 9.88. The van der Waals surface area contributed by atoms with E-state index in [0.717, 1.165) is 5.69 Å². The fraction of sp³-hybridized carbons (Fsp3) is 0.429. The fourth-order valence-corrected chi connectivity index (χ4v) is 2.40. The van der Waals surface area contributed by atoms with E-state index in [-0.39, 0.29) is 5.91 Å². The molecule has 1 aliphatic heterocycles. The van der Waals surface area contributed by atoms with Gasteiger partial charge >= 0.3 is 5.97 Å². The lowest BCUT2D eigenvalue weighted by Crippen LogP contribution is -2.30. The number of carboxylic acids is 1. The summed E-state index contributed by atoms with van der Waals surface area (Å²) < 4.78 is 5.23. The van der Waals surface area contributed by atoms with Gasteiger partial charge in [0.1, 0.15) is 6.10 Å². The molecule has 21 heavy (non-hydrogen) atoms. The van der Waals surface area contributed by atoms with Crippen molar-refractivity contribution < 1.29 is 19.4 Å². The Morgan fingerprint density at radius 3 is 2.57 bits per heavy atom. The molecule has 1 saturated heterocycles. The van der Waals surface area contributed by atoms with Gasteiger partial charge in [-0.3, -0.25) is 4.79 Å². The van der Waals surface area contributed by atoms with Gasteiger partial charge in [-0.05, 0) is 31.0 Å². The number of amides is 1. The van der Waals surface area contributed by atoms with E-state index in [2.05, 4.69) is 5.32 Å². The van der Waals surface area contributed by atoms with Crippen molar-refractivity contribution in [3.8, 4) is 0 Å². The summed E-state index contributed by atoms with van der Waals surface area (Å²) >= 11 is 5.95. The third kappa shape index (κ3) is 3.65. The number of halogens is 1. The summed E-state index contributed by atoms with van der Waals surface area (Å²) in [7, 11) is 3.71. The molecule has 1 aromatic carbocycles. The van der Waals surface area contributed by atoms with Crippen LogP contribution in [0.1, 0.15) is 12.8 Å². The molecule has 1 fully saturated rings. The molecule has 2 unspecified atom stereocenters. The van der Waals surface area contributed by atoms with Gasteiger partial charge in [0.25, 0.3) is 5.91 Å². The van der Waals surface area contributed by atoms with E-state index in [1.54, 1.807) is 18.2 Å². The minimum atomic E-state index is -1.04. The van der Waals surface area contributed by atoms with Crippen molar-refractivity contribution in [1.29, 1.82) is 0 Å². The predicted octanol–water partition coefficient (Wildman–Crippen LogP) is 1.98. The lowest BCUT2D eigenvalue weighted by molar-refractivity contribution is -0.150. The summed E-state index contributed by atoms with van der Waals surface area (Å²) in [5, 5.41) is 12.1. The van der Waals surface area contributed by atoms with E-state index in [1.165, 1.54) is 0 Å². The summed E-state index contributed by atoms with van der Waals surface area (Å²) in [5.41, 5.74) is 1.38. The number of carboxylic acid groups (broad SMARTS) is 1. The average molecular weight is 313 g/mol. The van der Waals surface area contributed by atoms with Crippen LogP contribution >= 0.6 is 11.6 Å². The summed E-state index contributed by atoms with van der Waals surface area (Å²) in [4.78, 5) is 24.9. The van der Waals surface area contributed by atoms with Gasteiger partial charge in [0.05, 0.1) is 11.4 Å². The van der Waals surface area contributed by atoms with E-state index >= 15 is 0 Å². The highest BCUT2D eigenvalue weighted by molar-refractivity contribution is 6.31. The van der Waals surface area contributed by atoms with Crippen molar-refractivity contribution in [2.45, 2.75) is 25.0 Å². The Hall–Kier alpha value is -1.79. The number of nitrogens with zero attached hydrogens (tertiary/aromatic N) is 1. The molecular formula is C14H17ClN2O4. The first-order valence-electron chi connectivity index (χ1n) is 6.54. The van der Waals surface area contributed by atoms with Crippen molar-refractivity contribution >= 4 is 34.9 Å². The molecule has 1 aliphatic rings. The van der Waals surface area contributed by atoms with Crippen LogP contribution in [0.4, 0.5) is 11.4 Å². The molecule has 6 nitrogen and oxygen atoms in total. The summed E-state index contributed by atoms with van der Waals surface area (Å²) in [6.45, 7) is 0. The van der Waals surface area contributed by atoms with Crippen LogP contribution in [0.15, 0.2) is 18.2 Å². The molecule has 0 aromatic heterocycles. The first kappa shape index (κ1) is 15.6. The monoisotopic (exact) mass is 312 g/mol. The number of carbonyl (C=O) groups is 2. The highest BCUT2D eigenvalue weighted by Gasteiger charge is 2.34. The van der Waals surface area contributed by atoms with Gasteiger partial charge in [-0.25, -0.2) is 4.79 Å². The number of ether oxygens (including phenoxy) is 1. The molecule has 0 bridgehead atoms. The number of hydrogen-bond donors (Lipinski definition) is 2. The van der Waals surface area contributed by atoms with Crippen molar-refractivity contribution in [1.82, 2.24) is 0 Å². The lowest BCUT2D eigenvalue weighted by Gasteiger charge is -2.19. The molecule has 1 amide bonds. The van der Waals surface area contributed by atoms with Crippen molar-refractivity contribution in [2.75, 3.05) is 24.3 Å². The highest BCUT2D eigenvalue weighted by Crippen LogP contribution is 2.29. The molecule has 0 saturated carbocycles. The van der Waals surface area contributed by atoms with Crippen LogP contribution < -0.4 is 10.2 Å². The van der Waals surface area contributed by atoms with Crippen molar-refractivity contribution in [2.24, 2.45) is 0 Å². The van der Waals surface area contributed by atoms with E-state index < -0.39 is 18.2 Å². The smallest absolute Gasteiger partial charge is 0.332 e. The maximum Gasteiger partial charge on any atom is 0.332 e. The number of anilines is 2. The Morgan fingerprint density at radius 2 is 2.00 bits per heavy atom. The van der Waals surface area contributed by atoms with Gasteiger partial charge in [-0.2, -0.15) is 0 Å². The predicted molar refractivity (Wildman–Crippen MR) is 79.9 cm³/mol. The number of rotatable bonds is 4. The Morgan fingerprint density at radius 1 is 1.33 bits per heavy atom. The standard InChI is InChI=1S/C14H17ClN2O4/c1-17(2)10-4-3-8(15)7-9(10)16-13(18)11-5-6-12(21-11)14(19)20/h3-4,7,11-12H,5-6H2,1-2H3,(H,16,18)(H,19,20). The number of benzene rings is 1. The fourth-order valence-electron chi connectivity index (χ4n) is 2.22. The third-order valence-electron chi connectivity index (χ3n) is 3.29. The summed E-state index contributed by atoms with van der Waals surface area (Å²) in [6, 6.07) is 5.19. The molecule has 7 heteroatoms. The van der Waals surface area contributed by atoms with Gasteiger partial charge in [0, 0.05) is 19.1 Å². The van der Waals surface area contributed by atoms with Crippen LogP contribution in [0.2, 0.25) is 5.02 Å². The van der Waals surface area contributed by atoms with Crippen LogP contribution in [0.5, 0.6) is 0 Å². The highest BCUT2D eigenvalue weighted by atomic mass is 35.5. The Bertz CT molecular complexity index is 562. The molecule has 2 rings (SSSR count). The molecule has 0 aliphatic carbocycles. The number of aliphatic carboxylic acids is 1. The molecule has 0 radical (unpaired) electrons. The molecule has 0 spiro atoms. The van der Waals surface area contributed by atoms with Crippen molar-refractivity contribution in [3.05, 3.63) is 23.2 Å². The van der Waals surface area contributed by atoms with Crippen LogP contribution in [-0.4, -0.2) is 43.3 Å². The topological polar surface area (TPSA) is 78.9 Å².